The Labute approximate surface area is 159 Å². The van der Waals surface area contributed by atoms with Crippen LogP contribution in [0.3, 0.4) is 0 Å². The lowest BCUT2D eigenvalue weighted by Gasteiger charge is -2.13. The maximum Gasteiger partial charge on any atom is 0.276 e. The molecule has 0 aliphatic rings. The van der Waals surface area contributed by atoms with E-state index in [1.54, 1.807) is 24.3 Å². The van der Waals surface area contributed by atoms with Crippen LogP contribution in [0.25, 0.3) is 0 Å². The van der Waals surface area contributed by atoms with Crippen LogP contribution in [0, 0.1) is 5.82 Å². The lowest BCUT2D eigenvalue weighted by molar-refractivity contribution is -0.123. The Kier molecular flexibility index (Phi) is 6.88. The quantitative estimate of drug-likeness (QED) is 0.410. The Bertz CT molecular complexity index is 848. The molecule has 0 saturated heterocycles. The van der Waals surface area contributed by atoms with Crippen LogP contribution in [0.1, 0.15) is 17.3 Å². The zero-order valence-corrected chi connectivity index (χ0v) is 15.2. The fourth-order valence-corrected chi connectivity index (χ4v) is 2.27. The number of ketones is 1. The standard InChI is InChI=1S/C17H15ClFN3O3S/c1-10(23)11-3-2-4-13(7-11)20-17(26)22-21-16(24)9-25-15-6-5-12(19)8-14(15)18/h2-8H,9H2,1H3,(H,21,24)(H2,20,22,26). The number of anilines is 1. The van der Waals surface area contributed by atoms with Crippen LogP contribution in [-0.4, -0.2) is 23.4 Å². The van der Waals surface area contributed by atoms with Crippen molar-refractivity contribution in [1.29, 1.82) is 0 Å². The molecule has 2 rings (SSSR count). The Morgan fingerprint density at radius 3 is 2.65 bits per heavy atom. The van der Waals surface area contributed by atoms with Crippen molar-refractivity contribution in [2.75, 3.05) is 11.9 Å². The SMILES string of the molecule is CC(=O)c1cccc(NC(=S)NNC(=O)COc2ccc(F)cc2Cl)c1. The number of hydrazine groups is 1. The number of thiocarbonyl (C=S) groups is 1. The summed E-state index contributed by atoms with van der Waals surface area (Å²) in [6.45, 7) is 1.12. The van der Waals surface area contributed by atoms with Gasteiger partial charge in [-0.1, -0.05) is 23.7 Å². The summed E-state index contributed by atoms with van der Waals surface area (Å²) < 4.78 is 18.1. The summed E-state index contributed by atoms with van der Waals surface area (Å²) in [5.74, 6) is -0.909. The van der Waals surface area contributed by atoms with E-state index in [2.05, 4.69) is 16.2 Å². The van der Waals surface area contributed by atoms with Crippen LogP contribution < -0.4 is 20.9 Å². The van der Waals surface area contributed by atoms with E-state index in [0.717, 1.165) is 6.07 Å². The van der Waals surface area contributed by atoms with Gasteiger partial charge in [-0.25, -0.2) is 4.39 Å². The highest BCUT2D eigenvalue weighted by atomic mass is 35.5. The average molecular weight is 396 g/mol. The molecule has 0 aliphatic heterocycles. The van der Waals surface area contributed by atoms with Crippen molar-refractivity contribution in [2.45, 2.75) is 6.92 Å². The summed E-state index contributed by atoms with van der Waals surface area (Å²) in [4.78, 5) is 23.1. The van der Waals surface area contributed by atoms with E-state index >= 15 is 0 Å². The molecule has 1 amide bonds. The number of hydrogen-bond donors (Lipinski definition) is 3. The maximum atomic E-state index is 12.9. The molecule has 3 N–H and O–H groups in total. The molecule has 0 unspecified atom stereocenters. The molecular weight excluding hydrogens is 381 g/mol. The topological polar surface area (TPSA) is 79.5 Å². The molecule has 0 bridgehead atoms. The van der Waals surface area contributed by atoms with Gasteiger partial charge in [0.1, 0.15) is 11.6 Å². The van der Waals surface area contributed by atoms with Gasteiger partial charge in [0.15, 0.2) is 17.5 Å². The van der Waals surface area contributed by atoms with Crippen molar-refractivity contribution in [3.05, 3.63) is 58.9 Å². The molecule has 0 fully saturated rings. The van der Waals surface area contributed by atoms with E-state index in [-0.39, 0.29) is 28.3 Å². The van der Waals surface area contributed by atoms with Crippen molar-refractivity contribution < 1.29 is 18.7 Å². The number of ether oxygens (including phenoxy) is 1. The fraction of sp³-hybridized carbons (Fsp3) is 0.118. The smallest absolute Gasteiger partial charge is 0.276 e. The molecular formula is C17H15ClFN3O3S. The number of hydrogen-bond acceptors (Lipinski definition) is 4. The largest absolute Gasteiger partial charge is 0.482 e. The molecule has 0 radical (unpaired) electrons. The third-order valence-corrected chi connectivity index (χ3v) is 3.59. The molecule has 9 heteroatoms. The minimum atomic E-state index is -0.521. The molecule has 6 nitrogen and oxygen atoms in total. The van der Waals surface area contributed by atoms with E-state index in [1.165, 1.54) is 19.1 Å². The third-order valence-electron chi connectivity index (χ3n) is 3.10. The molecule has 0 heterocycles. The Balaban J connectivity index is 1.78. The summed E-state index contributed by atoms with van der Waals surface area (Å²) in [6, 6.07) is 10.3. The van der Waals surface area contributed by atoms with E-state index in [1.807, 2.05) is 0 Å². The van der Waals surface area contributed by atoms with Crippen LogP contribution in [0.4, 0.5) is 10.1 Å². The van der Waals surface area contributed by atoms with Crippen molar-refractivity contribution >= 4 is 46.3 Å². The van der Waals surface area contributed by atoms with E-state index in [0.29, 0.717) is 11.3 Å². The number of rotatable bonds is 5. The molecule has 0 aromatic heterocycles. The second kappa shape index (κ2) is 9.12. The number of carbonyl (C=O) groups excluding carboxylic acids is 2. The molecule has 0 aliphatic carbocycles. The maximum absolute atomic E-state index is 12.9. The van der Waals surface area contributed by atoms with Gasteiger partial charge in [-0.2, -0.15) is 0 Å². The number of nitrogens with one attached hydrogen (secondary N) is 3. The van der Waals surface area contributed by atoms with Gasteiger partial charge in [0, 0.05) is 11.3 Å². The molecule has 2 aromatic rings. The summed E-state index contributed by atoms with van der Waals surface area (Å²) >= 11 is 10.8. The van der Waals surface area contributed by atoms with Crippen molar-refractivity contribution in [1.82, 2.24) is 10.9 Å². The zero-order valence-electron chi connectivity index (χ0n) is 13.6. The van der Waals surface area contributed by atoms with Gasteiger partial charge in [0.25, 0.3) is 5.91 Å². The van der Waals surface area contributed by atoms with Gasteiger partial charge in [0.2, 0.25) is 0 Å². The summed E-state index contributed by atoms with van der Waals surface area (Å²) in [7, 11) is 0. The highest BCUT2D eigenvalue weighted by Crippen LogP contribution is 2.24. The number of carbonyl (C=O) groups is 2. The van der Waals surface area contributed by atoms with Crippen LogP contribution in [-0.2, 0) is 4.79 Å². The second-order valence-electron chi connectivity index (χ2n) is 5.13. The lowest BCUT2D eigenvalue weighted by Crippen LogP contribution is -2.45. The van der Waals surface area contributed by atoms with Gasteiger partial charge in [0.05, 0.1) is 5.02 Å². The predicted molar refractivity (Wildman–Crippen MR) is 101 cm³/mol. The van der Waals surface area contributed by atoms with Crippen LogP contribution in [0.2, 0.25) is 5.02 Å². The van der Waals surface area contributed by atoms with Crippen molar-refractivity contribution in [3.8, 4) is 5.75 Å². The van der Waals surface area contributed by atoms with Gasteiger partial charge < -0.3 is 10.1 Å². The summed E-state index contributed by atoms with van der Waals surface area (Å²) in [6.07, 6.45) is 0. The average Bonchev–Trinajstić information content (AvgIpc) is 2.59. The second-order valence-corrected chi connectivity index (χ2v) is 5.94. The monoisotopic (exact) mass is 395 g/mol. The number of Topliss-reactive ketones (excluding diaryl/α,β-unsaturated/α-hetero) is 1. The van der Waals surface area contributed by atoms with Crippen LogP contribution in [0.5, 0.6) is 5.75 Å². The normalized spacial score (nSPS) is 9.96. The van der Waals surface area contributed by atoms with E-state index in [4.69, 9.17) is 28.6 Å². The minimum absolute atomic E-state index is 0.0632. The first kappa shape index (κ1) is 19.6. The predicted octanol–water partition coefficient (Wildman–Crippen LogP) is 3.08. The Hall–Kier alpha value is -2.71. The van der Waals surface area contributed by atoms with Crippen molar-refractivity contribution in [3.63, 3.8) is 0 Å². The molecule has 0 atom stereocenters. The van der Waals surface area contributed by atoms with Gasteiger partial charge in [-0.15, -0.1) is 0 Å². The van der Waals surface area contributed by atoms with E-state index in [9.17, 15) is 14.0 Å². The number of benzene rings is 2. The third kappa shape index (κ3) is 5.98. The molecule has 0 saturated carbocycles. The van der Waals surface area contributed by atoms with Crippen LogP contribution in [0.15, 0.2) is 42.5 Å². The molecule has 2 aromatic carbocycles. The highest BCUT2D eigenvalue weighted by Gasteiger charge is 2.08. The fourth-order valence-electron chi connectivity index (χ4n) is 1.88. The highest BCUT2D eigenvalue weighted by molar-refractivity contribution is 7.80. The molecule has 0 spiro atoms. The summed E-state index contributed by atoms with van der Waals surface area (Å²) in [5.41, 5.74) is 5.97. The molecule has 26 heavy (non-hydrogen) atoms. The Morgan fingerprint density at radius 2 is 1.96 bits per heavy atom. The van der Waals surface area contributed by atoms with Gasteiger partial charge in [-0.05, 0) is 49.5 Å². The van der Waals surface area contributed by atoms with E-state index < -0.39 is 11.7 Å². The molecule has 136 valence electrons. The number of halogens is 2. The lowest BCUT2D eigenvalue weighted by atomic mass is 10.1. The first-order valence-electron chi connectivity index (χ1n) is 7.40. The first-order valence-corrected chi connectivity index (χ1v) is 8.18. The van der Waals surface area contributed by atoms with Crippen molar-refractivity contribution in [2.24, 2.45) is 0 Å². The Morgan fingerprint density at radius 1 is 1.19 bits per heavy atom. The van der Waals surface area contributed by atoms with Gasteiger partial charge >= 0.3 is 0 Å². The minimum Gasteiger partial charge on any atom is -0.482 e. The first-order chi connectivity index (χ1) is 12.3. The van der Waals surface area contributed by atoms with Gasteiger partial charge in [-0.3, -0.25) is 20.4 Å². The number of amides is 1. The zero-order chi connectivity index (χ0) is 19.1. The summed E-state index contributed by atoms with van der Waals surface area (Å²) in [5, 5.41) is 3.02. The van der Waals surface area contributed by atoms with Crippen LogP contribution >= 0.6 is 23.8 Å².